The van der Waals surface area contributed by atoms with Crippen molar-refractivity contribution in [3.05, 3.63) is 42.2 Å². The van der Waals surface area contributed by atoms with E-state index in [-0.39, 0.29) is 24.4 Å². The number of aromatic nitrogens is 3. The lowest BCUT2D eigenvalue weighted by atomic mass is 10.1. The molecule has 2 heterocycles. The molecule has 25 heavy (non-hydrogen) atoms. The molecule has 0 saturated carbocycles. The van der Waals surface area contributed by atoms with E-state index in [0.29, 0.717) is 31.9 Å². The van der Waals surface area contributed by atoms with Crippen LogP contribution in [0, 0.1) is 0 Å². The summed E-state index contributed by atoms with van der Waals surface area (Å²) in [6, 6.07) is 9.63. The van der Waals surface area contributed by atoms with Crippen LogP contribution in [0.2, 0.25) is 0 Å². The third-order valence-electron chi connectivity index (χ3n) is 4.16. The van der Waals surface area contributed by atoms with Crippen LogP contribution in [0.4, 0.5) is 0 Å². The Labute approximate surface area is 153 Å². The lowest BCUT2D eigenvalue weighted by Crippen LogP contribution is -2.41. The van der Waals surface area contributed by atoms with E-state index in [1.807, 2.05) is 35.2 Å². The van der Waals surface area contributed by atoms with Crippen molar-refractivity contribution in [3.63, 3.8) is 0 Å². The maximum Gasteiger partial charge on any atom is 0.276 e. The molecule has 2 aromatic rings. The van der Waals surface area contributed by atoms with Crippen LogP contribution < -0.4 is 5.73 Å². The number of nitrogens with two attached hydrogens (primary N) is 1. The quantitative estimate of drug-likeness (QED) is 0.787. The Hall–Kier alpha value is -1.96. The van der Waals surface area contributed by atoms with Crippen molar-refractivity contribution in [3.8, 4) is 5.69 Å². The molecular weight excluding hydrogens is 342 g/mol. The smallest absolute Gasteiger partial charge is 0.276 e. The maximum absolute atomic E-state index is 12.6. The molecule has 3 rings (SSSR count). The van der Waals surface area contributed by atoms with Gasteiger partial charge in [-0.3, -0.25) is 4.79 Å². The highest BCUT2D eigenvalue weighted by Crippen LogP contribution is 2.16. The summed E-state index contributed by atoms with van der Waals surface area (Å²) in [6.07, 6.45) is 4.48. The predicted molar refractivity (Wildman–Crippen MR) is 97.2 cm³/mol. The lowest BCUT2D eigenvalue weighted by molar-refractivity contribution is 0.00829. The minimum atomic E-state index is -0.0717. The highest BCUT2D eigenvalue weighted by atomic mass is 35.5. The Morgan fingerprint density at radius 3 is 2.64 bits per heavy atom. The SMILES string of the molecule is Cl.NCCCOC1CCN(C(=O)c2cn(-c3ccccc3)nn2)CC1. The number of rotatable bonds is 6. The molecule has 0 atom stereocenters. The zero-order valence-electron chi connectivity index (χ0n) is 14.1. The van der Waals surface area contributed by atoms with Gasteiger partial charge in [0.15, 0.2) is 5.69 Å². The summed E-state index contributed by atoms with van der Waals surface area (Å²) >= 11 is 0. The van der Waals surface area contributed by atoms with Crippen molar-refractivity contribution in [2.24, 2.45) is 5.73 Å². The molecule has 1 aliphatic rings. The Balaban J connectivity index is 0.00000225. The number of amides is 1. The van der Waals surface area contributed by atoms with E-state index < -0.39 is 0 Å². The van der Waals surface area contributed by atoms with E-state index in [4.69, 9.17) is 10.5 Å². The fourth-order valence-electron chi connectivity index (χ4n) is 2.79. The molecule has 0 bridgehead atoms. The van der Waals surface area contributed by atoms with Gasteiger partial charge >= 0.3 is 0 Å². The molecule has 7 nitrogen and oxygen atoms in total. The van der Waals surface area contributed by atoms with Gasteiger partial charge in [-0.05, 0) is 37.9 Å². The van der Waals surface area contributed by atoms with Crippen molar-refractivity contribution in [2.45, 2.75) is 25.4 Å². The molecule has 136 valence electrons. The molecule has 1 amide bonds. The van der Waals surface area contributed by atoms with Crippen molar-refractivity contribution in [2.75, 3.05) is 26.2 Å². The number of piperidine rings is 1. The van der Waals surface area contributed by atoms with Crippen LogP contribution in [-0.2, 0) is 4.74 Å². The zero-order valence-corrected chi connectivity index (χ0v) is 14.9. The van der Waals surface area contributed by atoms with Gasteiger partial charge in [0.05, 0.1) is 18.0 Å². The molecule has 1 fully saturated rings. The molecule has 0 unspecified atom stereocenters. The third kappa shape index (κ3) is 5.01. The largest absolute Gasteiger partial charge is 0.378 e. The van der Waals surface area contributed by atoms with Crippen molar-refractivity contribution in [1.82, 2.24) is 19.9 Å². The maximum atomic E-state index is 12.6. The highest BCUT2D eigenvalue weighted by Gasteiger charge is 2.25. The fraction of sp³-hybridized carbons (Fsp3) is 0.471. The molecule has 0 spiro atoms. The van der Waals surface area contributed by atoms with Crippen molar-refractivity contribution >= 4 is 18.3 Å². The summed E-state index contributed by atoms with van der Waals surface area (Å²) in [5, 5.41) is 8.07. The molecule has 0 radical (unpaired) electrons. The van der Waals surface area contributed by atoms with Crippen LogP contribution in [0.3, 0.4) is 0 Å². The Bertz CT molecular complexity index is 656. The number of hydrogen-bond donors (Lipinski definition) is 1. The average Bonchev–Trinajstić information content (AvgIpc) is 3.13. The standard InChI is InChI=1S/C17H23N5O2.ClH/c18-9-4-12-24-15-7-10-21(11-8-15)17(23)16-13-22(20-19-16)14-5-2-1-3-6-14;/h1-3,5-6,13,15H,4,7-12,18H2;1H. The first-order valence-corrected chi connectivity index (χ1v) is 8.36. The molecule has 2 N–H and O–H groups in total. The van der Waals surface area contributed by atoms with Crippen molar-refractivity contribution < 1.29 is 9.53 Å². The monoisotopic (exact) mass is 365 g/mol. The Kier molecular flexibility index (Phi) is 7.36. The number of nitrogens with zero attached hydrogens (tertiary/aromatic N) is 4. The van der Waals surface area contributed by atoms with Crippen LogP contribution in [0.25, 0.3) is 5.69 Å². The zero-order chi connectivity index (χ0) is 16.8. The summed E-state index contributed by atoms with van der Waals surface area (Å²) in [4.78, 5) is 14.4. The molecular formula is C17H24ClN5O2. The van der Waals surface area contributed by atoms with Crippen LogP contribution >= 0.6 is 12.4 Å². The molecule has 8 heteroatoms. The lowest BCUT2D eigenvalue weighted by Gasteiger charge is -2.31. The molecule has 1 aliphatic heterocycles. The van der Waals surface area contributed by atoms with E-state index in [2.05, 4.69) is 10.3 Å². The molecule has 1 aromatic heterocycles. The highest BCUT2D eigenvalue weighted by molar-refractivity contribution is 5.92. The first kappa shape index (κ1) is 19.4. The van der Waals surface area contributed by atoms with E-state index in [1.54, 1.807) is 10.9 Å². The molecule has 1 saturated heterocycles. The van der Waals surface area contributed by atoms with Crippen LogP contribution in [0.5, 0.6) is 0 Å². The number of halogens is 1. The number of para-hydroxylation sites is 1. The number of likely N-dealkylation sites (tertiary alicyclic amines) is 1. The van der Waals surface area contributed by atoms with Gasteiger partial charge in [0.2, 0.25) is 0 Å². The van der Waals surface area contributed by atoms with Gasteiger partial charge < -0.3 is 15.4 Å². The van der Waals surface area contributed by atoms with E-state index in [0.717, 1.165) is 24.9 Å². The van der Waals surface area contributed by atoms with E-state index >= 15 is 0 Å². The minimum absolute atomic E-state index is 0. The van der Waals surface area contributed by atoms with Gasteiger partial charge in [-0.1, -0.05) is 23.4 Å². The number of carbonyl (C=O) groups excluding carboxylic acids is 1. The number of ether oxygens (including phenoxy) is 1. The average molecular weight is 366 g/mol. The van der Waals surface area contributed by atoms with E-state index in [9.17, 15) is 4.79 Å². The Morgan fingerprint density at radius 2 is 1.96 bits per heavy atom. The number of benzene rings is 1. The summed E-state index contributed by atoms with van der Waals surface area (Å²) in [5.41, 5.74) is 6.73. The van der Waals surface area contributed by atoms with Crippen LogP contribution in [-0.4, -0.2) is 58.1 Å². The predicted octanol–water partition coefficient (Wildman–Crippen LogP) is 1.66. The van der Waals surface area contributed by atoms with Gasteiger partial charge in [-0.2, -0.15) is 0 Å². The second-order valence-corrected chi connectivity index (χ2v) is 5.89. The van der Waals surface area contributed by atoms with Crippen LogP contribution in [0.1, 0.15) is 29.8 Å². The topological polar surface area (TPSA) is 86.3 Å². The van der Waals surface area contributed by atoms with Gasteiger partial charge in [-0.15, -0.1) is 17.5 Å². The van der Waals surface area contributed by atoms with Gasteiger partial charge in [-0.25, -0.2) is 4.68 Å². The van der Waals surface area contributed by atoms with Crippen molar-refractivity contribution in [1.29, 1.82) is 0 Å². The summed E-state index contributed by atoms with van der Waals surface area (Å²) < 4.78 is 7.39. The van der Waals surface area contributed by atoms with Gasteiger partial charge in [0.25, 0.3) is 5.91 Å². The summed E-state index contributed by atoms with van der Waals surface area (Å²) in [7, 11) is 0. The van der Waals surface area contributed by atoms with Gasteiger partial charge in [0, 0.05) is 19.7 Å². The summed E-state index contributed by atoms with van der Waals surface area (Å²) in [6.45, 7) is 2.71. The third-order valence-corrected chi connectivity index (χ3v) is 4.16. The number of carbonyl (C=O) groups is 1. The first-order valence-electron chi connectivity index (χ1n) is 8.36. The molecule has 0 aliphatic carbocycles. The normalized spacial score (nSPS) is 15.0. The van der Waals surface area contributed by atoms with E-state index in [1.165, 1.54) is 0 Å². The second kappa shape index (κ2) is 9.50. The second-order valence-electron chi connectivity index (χ2n) is 5.89. The van der Waals surface area contributed by atoms with Gasteiger partial charge in [0.1, 0.15) is 0 Å². The fourth-order valence-corrected chi connectivity index (χ4v) is 2.79. The first-order chi connectivity index (χ1) is 11.8. The summed E-state index contributed by atoms with van der Waals surface area (Å²) in [5.74, 6) is -0.0717. The molecule has 1 aromatic carbocycles. The van der Waals surface area contributed by atoms with Crippen LogP contribution in [0.15, 0.2) is 36.5 Å². The Morgan fingerprint density at radius 1 is 1.24 bits per heavy atom. The minimum Gasteiger partial charge on any atom is -0.378 e. The number of hydrogen-bond acceptors (Lipinski definition) is 5.